The van der Waals surface area contributed by atoms with Crippen LogP contribution in [0.2, 0.25) is 5.02 Å². The largest absolute Gasteiger partial charge is 0.481 e. The fraction of sp³-hybridized carbons (Fsp3) is 0.467. The highest BCUT2D eigenvalue weighted by Crippen LogP contribution is 2.22. The molecule has 1 rings (SSSR count). The van der Waals surface area contributed by atoms with E-state index in [1.807, 2.05) is 20.8 Å². The summed E-state index contributed by atoms with van der Waals surface area (Å²) in [7, 11) is 0. The summed E-state index contributed by atoms with van der Waals surface area (Å²) in [6.45, 7) is 5.72. The highest BCUT2D eigenvalue weighted by Gasteiger charge is 2.28. The van der Waals surface area contributed by atoms with Gasteiger partial charge in [-0.05, 0) is 23.1 Å². The quantitative estimate of drug-likeness (QED) is 0.878. The van der Waals surface area contributed by atoms with Crippen molar-refractivity contribution in [3.8, 4) is 0 Å². The maximum Gasteiger partial charge on any atom is 0.305 e. The van der Waals surface area contributed by atoms with Gasteiger partial charge in [-0.15, -0.1) is 0 Å². The van der Waals surface area contributed by atoms with E-state index >= 15 is 0 Å². The minimum absolute atomic E-state index is 0.0874. The molecule has 1 atom stereocenters. The van der Waals surface area contributed by atoms with Crippen LogP contribution < -0.4 is 5.32 Å². The summed E-state index contributed by atoms with van der Waals surface area (Å²) in [5, 5.41) is 12.3. The summed E-state index contributed by atoms with van der Waals surface area (Å²) in [6, 6.07) is 6.61. The zero-order chi connectivity index (χ0) is 15.3. The smallest absolute Gasteiger partial charge is 0.305 e. The third kappa shape index (κ3) is 5.61. The van der Waals surface area contributed by atoms with Crippen molar-refractivity contribution in [2.75, 3.05) is 0 Å². The van der Waals surface area contributed by atoms with Crippen LogP contribution in [0.25, 0.3) is 0 Å². The lowest BCUT2D eigenvalue weighted by Gasteiger charge is -2.30. The molecule has 0 aromatic heterocycles. The number of hydrogen-bond donors (Lipinski definition) is 2. The number of carboxylic acid groups (broad SMARTS) is 1. The summed E-state index contributed by atoms with van der Waals surface area (Å²) < 4.78 is 0. The Balaban J connectivity index is 2.66. The molecule has 0 bridgehead atoms. The summed E-state index contributed by atoms with van der Waals surface area (Å²) in [4.78, 5) is 22.9. The van der Waals surface area contributed by atoms with E-state index in [-0.39, 0.29) is 24.2 Å². The molecular formula is C15H20ClNO3. The van der Waals surface area contributed by atoms with E-state index in [2.05, 4.69) is 5.32 Å². The first-order valence-electron chi connectivity index (χ1n) is 6.44. The predicted octanol–water partition coefficient (Wildman–Crippen LogP) is 2.89. The normalized spacial score (nSPS) is 12.8. The Morgan fingerprint density at radius 2 is 1.80 bits per heavy atom. The fourth-order valence-corrected chi connectivity index (χ4v) is 1.91. The van der Waals surface area contributed by atoms with Crippen molar-refractivity contribution < 1.29 is 14.7 Å². The van der Waals surface area contributed by atoms with Gasteiger partial charge >= 0.3 is 5.97 Å². The molecule has 5 heteroatoms. The topological polar surface area (TPSA) is 66.4 Å². The minimum Gasteiger partial charge on any atom is -0.481 e. The number of carbonyl (C=O) groups excluding carboxylic acids is 1. The van der Waals surface area contributed by atoms with Gasteiger partial charge in [0.05, 0.1) is 12.8 Å². The van der Waals surface area contributed by atoms with E-state index in [1.54, 1.807) is 24.3 Å². The molecule has 4 nitrogen and oxygen atoms in total. The molecule has 0 aliphatic heterocycles. The monoisotopic (exact) mass is 297 g/mol. The highest BCUT2D eigenvalue weighted by atomic mass is 35.5. The maximum atomic E-state index is 12.0. The number of carboxylic acids is 1. The Hall–Kier alpha value is -1.55. The third-order valence-electron chi connectivity index (χ3n) is 3.04. The number of amides is 1. The third-order valence-corrected chi connectivity index (χ3v) is 3.29. The molecule has 1 amide bonds. The van der Waals surface area contributed by atoms with Crippen LogP contribution in [-0.2, 0) is 16.0 Å². The van der Waals surface area contributed by atoms with Crippen LogP contribution >= 0.6 is 11.6 Å². The van der Waals surface area contributed by atoms with Crippen LogP contribution in [0.1, 0.15) is 32.8 Å². The molecule has 0 saturated carbocycles. The van der Waals surface area contributed by atoms with Crippen molar-refractivity contribution in [1.29, 1.82) is 0 Å². The number of halogens is 1. The van der Waals surface area contributed by atoms with E-state index in [0.29, 0.717) is 5.02 Å². The Morgan fingerprint density at radius 3 is 2.25 bits per heavy atom. The first kappa shape index (κ1) is 16.5. The average molecular weight is 298 g/mol. The van der Waals surface area contributed by atoms with E-state index in [0.717, 1.165) is 5.56 Å². The first-order valence-corrected chi connectivity index (χ1v) is 6.82. The summed E-state index contributed by atoms with van der Waals surface area (Å²) in [6.07, 6.45) is 0.124. The Labute approximate surface area is 124 Å². The summed E-state index contributed by atoms with van der Waals surface area (Å²) in [5.74, 6) is -1.11. The number of aliphatic carboxylic acids is 1. The van der Waals surface area contributed by atoms with Gasteiger partial charge in [0.1, 0.15) is 0 Å². The van der Waals surface area contributed by atoms with Gasteiger partial charge in [-0.1, -0.05) is 44.5 Å². The Morgan fingerprint density at radius 1 is 1.25 bits per heavy atom. The molecule has 0 saturated heterocycles. The van der Waals surface area contributed by atoms with Crippen molar-refractivity contribution >= 4 is 23.5 Å². The lowest BCUT2D eigenvalue weighted by Crippen LogP contribution is -2.45. The fourth-order valence-electron chi connectivity index (χ4n) is 1.78. The Kier molecular flexibility index (Phi) is 5.57. The molecule has 0 spiro atoms. The van der Waals surface area contributed by atoms with Crippen LogP contribution in [0.4, 0.5) is 0 Å². The van der Waals surface area contributed by atoms with Crippen LogP contribution in [0.5, 0.6) is 0 Å². The minimum atomic E-state index is -0.920. The molecule has 20 heavy (non-hydrogen) atoms. The van der Waals surface area contributed by atoms with Crippen molar-refractivity contribution in [3.63, 3.8) is 0 Å². The standard InChI is InChI=1S/C15H20ClNO3/c1-15(2,3)12(9-14(19)20)17-13(18)8-10-4-6-11(16)7-5-10/h4-7,12H,8-9H2,1-3H3,(H,17,18)(H,19,20). The molecule has 0 radical (unpaired) electrons. The molecule has 0 aliphatic carbocycles. The molecule has 2 N–H and O–H groups in total. The number of hydrogen-bond acceptors (Lipinski definition) is 2. The number of nitrogens with one attached hydrogen (secondary N) is 1. The second kappa shape index (κ2) is 6.75. The molecule has 1 aromatic carbocycles. The zero-order valence-corrected chi connectivity index (χ0v) is 12.7. The van der Waals surface area contributed by atoms with Gasteiger partial charge in [0.25, 0.3) is 0 Å². The molecule has 1 aromatic rings. The van der Waals surface area contributed by atoms with Crippen molar-refractivity contribution in [2.45, 2.75) is 39.7 Å². The molecule has 0 heterocycles. The van der Waals surface area contributed by atoms with Gasteiger partial charge in [0, 0.05) is 11.1 Å². The van der Waals surface area contributed by atoms with E-state index < -0.39 is 12.0 Å². The number of benzene rings is 1. The zero-order valence-electron chi connectivity index (χ0n) is 11.9. The second-order valence-corrected chi connectivity index (χ2v) is 6.32. The first-order chi connectivity index (χ1) is 9.18. The van der Waals surface area contributed by atoms with Gasteiger partial charge < -0.3 is 10.4 Å². The van der Waals surface area contributed by atoms with Crippen LogP contribution in [0, 0.1) is 5.41 Å². The highest BCUT2D eigenvalue weighted by molar-refractivity contribution is 6.30. The van der Waals surface area contributed by atoms with Crippen molar-refractivity contribution in [3.05, 3.63) is 34.9 Å². The molecule has 110 valence electrons. The van der Waals surface area contributed by atoms with Gasteiger partial charge in [0.2, 0.25) is 5.91 Å². The van der Waals surface area contributed by atoms with Gasteiger partial charge in [-0.2, -0.15) is 0 Å². The predicted molar refractivity (Wildman–Crippen MR) is 78.8 cm³/mol. The second-order valence-electron chi connectivity index (χ2n) is 5.89. The van der Waals surface area contributed by atoms with E-state index in [1.165, 1.54) is 0 Å². The maximum absolute atomic E-state index is 12.0. The summed E-state index contributed by atoms with van der Waals surface area (Å²) in [5.41, 5.74) is 0.531. The lowest BCUT2D eigenvalue weighted by molar-refractivity contribution is -0.138. The SMILES string of the molecule is CC(C)(C)C(CC(=O)O)NC(=O)Cc1ccc(Cl)cc1. The number of rotatable bonds is 5. The summed E-state index contributed by atoms with van der Waals surface area (Å²) >= 11 is 5.78. The van der Waals surface area contributed by atoms with Crippen molar-refractivity contribution in [1.82, 2.24) is 5.32 Å². The van der Waals surface area contributed by atoms with Gasteiger partial charge in [-0.3, -0.25) is 9.59 Å². The van der Waals surface area contributed by atoms with Crippen molar-refractivity contribution in [2.24, 2.45) is 5.41 Å². The van der Waals surface area contributed by atoms with Gasteiger partial charge in [0.15, 0.2) is 0 Å². The number of carbonyl (C=O) groups is 2. The van der Waals surface area contributed by atoms with Gasteiger partial charge in [-0.25, -0.2) is 0 Å². The van der Waals surface area contributed by atoms with Crippen LogP contribution in [0.15, 0.2) is 24.3 Å². The van der Waals surface area contributed by atoms with Crippen LogP contribution in [0.3, 0.4) is 0 Å². The molecule has 1 unspecified atom stereocenters. The van der Waals surface area contributed by atoms with E-state index in [9.17, 15) is 9.59 Å². The van der Waals surface area contributed by atoms with Crippen LogP contribution in [-0.4, -0.2) is 23.0 Å². The van der Waals surface area contributed by atoms with E-state index in [4.69, 9.17) is 16.7 Å². The molecule has 0 fully saturated rings. The average Bonchev–Trinajstić information content (AvgIpc) is 2.29. The molecular weight excluding hydrogens is 278 g/mol. The Bertz CT molecular complexity index is 477. The molecule has 0 aliphatic rings. The lowest BCUT2D eigenvalue weighted by atomic mass is 9.84.